The van der Waals surface area contributed by atoms with Gasteiger partial charge >= 0.3 is 0 Å². The second-order valence-corrected chi connectivity index (χ2v) is 4.04. The third-order valence-corrected chi connectivity index (χ3v) is 3.02. The fourth-order valence-corrected chi connectivity index (χ4v) is 1.81. The van der Waals surface area contributed by atoms with Gasteiger partial charge in [-0.1, -0.05) is 13.0 Å². The quantitative estimate of drug-likeness (QED) is 0.268. The molecular weight excluding hydrogens is 188 g/mol. The van der Waals surface area contributed by atoms with Gasteiger partial charge in [0.1, 0.15) is 0 Å². The van der Waals surface area contributed by atoms with Crippen LogP contribution in [-0.4, -0.2) is 18.2 Å². The first-order valence-electron chi connectivity index (χ1n) is 5.85. The summed E-state index contributed by atoms with van der Waals surface area (Å²) in [7, 11) is 0. The van der Waals surface area contributed by atoms with E-state index in [9.17, 15) is 0 Å². The molecule has 0 aromatic carbocycles. The minimum atomic E-state index is -0.162. The van der Waals surface area contributed by atoms with Gasteiger partial charge in [-0.05, 0) is 39.5 Å². The molecule has 2 atom stereocenters. The summed E-state index contributed by atoms with van der Waals surface area (Å²) in [5.41, 5.74) is 2.72. The van der Waals surface area contributed by atoms with Gasteiger partial charge in [-0.15, -0.1) is 6.58 Å². The van der Waals surface area contributed by atoms with Gasteiger partial charge in [-0.2, -0.15) is 0 Å². The molecule has 0 aromatic rings. The van der Waals surface area contributed by atoms with E-state index >= 15 is 0 Å². The predicted octanol–water partition coefficient (Wildman–Crippen LogP) is 2.38. The Kier molecular flexibility index (Phi) is 7.65. The number of hydrogen-bond acceptors (Lipinski definition) is 3. The highest BCUT2D eigenvalue weighted by molar-refractivity contribution is 4.87. The first-order valence-corrected chi connectivity index (χ1v) is 5.85. The first-order chi connectivity index (χ1) is 7.14. The number of unbranched alkanes of at least 4 members (excludes halogenated alkanes) is 1. The van der Waals surface area contributed by atoms with Crippen LogP contribution in [-0.2, 0) is 4.74 Å². The Balaban J connectivity index is 4.25. The zero-order valence-electron chi connectivity index (χ0n) is 10.4. The largest absolute Gasteiger partial charge is 0.374 e. The molecule has 3 heteroatoms. The van der Waals surface area contributed by atoms with Crippen molar-refractivity contribution >= 4 is 0 Å². The summed E-state index contributed by atoms with van der Waals surface area (Å²) in [6.45, 7) is 10.7. The van der Waals surface area contributed by atoms with Crippen molar-refractivity contribution in [2.24, 2.45) is 5.84 Å². The smallest absolute Gasteiger partial charge is 0.0817 e. The Morgan fingerprint density at radius 1 is 1.53 bits per heavy atom. The molecule has 0 radical (unpaired) electrons. The lowest BCUT2D eigenvalue weighted by Crippen LogP contribution is -2.52. The third-order valence-electron chi connectivity index (χ3n) is 3.02. The fourth-order valence-electron chi connectivity index (χ4n) is 1.81. The van der Waals surface area contributed by atoms with Crippen LogP contribution >= 0.6 is 0 Å². The van der Waals surface area contributed by atoms with Crippen molar-refractivity contribution in [3.63, 3.8) is 0 Å². The molecule has 90 valence electrons. The van der Waals surface area contributed by atoms with Crippen LogP contribution in [0.25, 0.3) is 0 Å². The molecule has 0 amide bonds. The van der Waals surface area contributed by atoms with E-state index in [1.165, 1.54) is 0 Å². The van der Waals surface area contributed by atoms with Crippen molar-refractivity contribution in [3.8, 4) is 0 Å². The van der Waals surface area contributed by atoms with Crippen LogP contribution in [0, 0.1) is 0 Å². The maximum Gasteiger partial charge on any atom is 0.0817 e. The summed E-state index contributed by atoms with van der Waals surface area (Å²) in [5, 5.41) is 0. The maximum atomic E-state index is 5.79. The van der Waals surface area contributed by atoms with Crippen molar-refractivity contribution in [1.29, 1.82) is 0 Å². The van der Waals surface area contributed by atoms with E-state index in [4.69, 9.17) is 10.6 Å². The highest BCUT2D eigenvalue weighted by Gasteiger charge is 2.31. The van der Waals surface area contributed by atoms with Crippen LogP contribution in [0.4, 0.5) is 0 Å². The summed E-state index contributed by atoms with van der Waals surface area (Å²) >= 11 is 0. The minimum Gasteiger partial charge on any atom is -0.374 e. The molecule has 0 aromatic heterocycles. The second-order valence-electron chi connectivity index (χ2n) is 4.04. The van der Waals surface area contributed by atoms with E-state index < -0.39 is 0 Å². The Bertz CT molecular complexity index is 173. The average Bonchev–Trinajstić information content (AvgIpc) is 2.24. The number of hydrogen-bond donors (Lipinski definition) is 2. The molecule has 3 nitrogen and oxygen atoms in total. The highest BCUT2D eigenvalue weighted by Crippen LogP contribution is 2.23. The molecule has 15 heavy (non-hydrogen) atoms. The highest BCUT2D eigenvalue weighted by atomic mass is 16.5. The van der Waals surface area contributed by atoms with Crippen LogP contribution in [0.5, 0.6) is 0 Å². The van der Waals surface area contributed by atoms with E-state index in [2.05, 4.69) is 25.9 Å². The van der Waals surface area contributed by atoms with Crippen LogP contribution in [0.1, 0.15) is 46.5 Å². The van der Waals surface area contributed by atoms with Gasteiger partial charge in [0, 0.05) is 12.6 Å². The van der Waals surface area contributed by atoms with E-state index in [0.717, 1.165) is 32.3 Å². The molecule has 0 aliphatic rings. The Labute approximate surface area is 94.0 Å². The average molecular weight is 214 g/mol. The standard InChI is InChI=1S/C12H26N2O/c1-5-8-9-10-11(14-13)12(4,6-2)15-7-3/h5,11,14H,1,6-10,13H2,2-4H3. The summed E-state index contributed by atoms with van der Waals surface area (Å²) in [5.74, 6) is 5.59. The van der Waals surface area contributed by atoms with Crippen LogP contribution in [0.3, 0.4) is 0 Å². The van der Waals surface area contributed by atoms with Crippen molar-refractivity contribution in [3.05, 3.63) is 12.7 Å². The summed E-state index contributed by atoms with van der Waals surface area (Å²) in [6, 6.07) is 0.211. The molecule has 2 unspecified atom stereocenters. The fraction of sp³-hybridized carbons (Fsp3) is 0.833. The van der Waals surface area contributed by atoms with Crippen LogP contribution in [0.15, 0.2) is 12.7 Å². The lowest BCUT2D eigenvalue weighted by Gasteiger charge is -2.36. The Morgan fingerprint density at radius 3 is 2.60 bits per heavy atom. The number of ether oxygens (including phenoxy) is 1. The predicted molar refractivity (Wildman–Crippen MR) is 65.5 cm³/mol. The topological polar surface area (TPSA) is 47.3 Å². The van der Waals surface area contributed by atoms with Crippen molar-refractivity contribution in [1.82, 2.24) is 5.43 Å². The van der Waals surface area contributed by atoms with Gasteiger partial charge in [-0.3, -0.25) is 11.3 Å². The SMILES string of the molecule is C=CCCCC(NN)C(C)(CC)OCC. The van der Waals surface area contributed by atoms with Gasteiger partial charge < -0.3 is 4.74 Å². The lowest BCUT2D eigenvalue weighted by atomic mass is 9.89. The van der Waals surface area contributed by atoms with Gasteiger partial charge in [0.2, 0.25) is 0 Å². The summed E-state index contributed by atoms with van der Waals surface area (Å²) in [6.07, 6.45) is 6.05. The number of nitrogens with two attached hydrogens (primary N) is 1. The van der Waals surface area contributed by atoms with Gasteiger partial charge in [0.25, 0.3) is 0 Å². The molecule has 0 rings (SSSR count). The molecule has 0 saturated heterocycles. The summed E-state index contributed by atoms with van der Waals surface area (Å²) < 4.78 is 5.79. The number of rotatable bonds is 9. The molecule has 0 spiro atoms. The van der Waals surface area contributed by atoms with E-state index in [1.807, 2.05) is 13.0 Å². The van der Waals surface area contributed by atoms with Crippen molar-refractivity contribution in [2.45, 2.75) is 58.1 Å². The normalized spacial score (nSPS) is 17.1. The Morgan fingerprint density at radius 2 is 2.20 bits per heavy atom. The molecule has 0 aliphatic carbocycles. The zero-order chi connectivity index (χ0) is 11.7. The van der Waals surface area contributed by atoms with Crippen LogP contribution in [0.2, 0.25) is 0 Å². The van der Waals surface area contributed by atoms with Gasteiger partial charge in [0.05, 0.1) is 5.60 Å². The van der Waals surface area contributed by atoms with E-state index in [1.54, 1.807) is 0 Å². The van der Waals surface area contributed by atoms with Gasteiger partial charge in [0.15, 0.2) is 0 Å². The zero-order valence-corrected chi connectivity index (χ0v) is 10.4. The molecular formula is C12H26N2O. The molecule has 3 N–H and O–H groups in total. The molecule has 0 aliphatic heterocycles. The third kappa shape index (κ3) is 4.78. The molecule has 0 bridgehead atoms. The lowest BCUT2D eigenvalue weighted by molar-refractivity contribution is -0.0573. The number of hydrazine groups is 1. The second kappa shape index (κ2) is 7.85. The molecule has 0 saturated carbocycles. The minimum absolute atomic E-state index is 0.162. The monoisotopic (exact) mass is 214 g/mol. The number of allylic oxidation sites excluding steroid dienone is 1. The maximum absolute atomic E-state index is 5.79. The first kappa shape index (κ1) is 14.6. The van der Waals surface area contributed by atoms with Crippen molar-refractivity contribution in [2.75, 3.05) is 6.61 Å². The van der Waals surface area contributed by atoms with Crippen LogP contribution < -0.4 is 11.3 Å². The molecule has 0 heterocycles. The number of nitrogens with one attached hydrogen (secondary N) is 1. The Hall–Kier alpha value is -0.380. The molecule has 0 fully saturated rings. The van der Waals surface area contributed by atoms with E-state index in [-0.39, 0.29) is 11.6 Å². The summed E-state index contributed by atoms with van der Waals surface area (Å²) in [4.78, 5) is 0. The van der Waals surface area contributed by atoms with E-state index in [0.29, 0.717) is 0 Å². The van der Waals surface area contributed by atoms with Gasteiger partial charge in [-0.25, -0.2) is 0 Å². The van der Waals surface area contributed by atoms with Crippen molar-refractivity contribution < 1.29 is 4.74 Å².